The van der Waals surface area contributed by atoms with Crippen LogP contribution in [-0.4, -0.2) is 48.0 Å². The topological polar surface area (TPSA) is 70.4 Å². The second-order valence-electron chi connectivity index (χ2n) is 9.63. The van der Waals surface area contributed by atoms with Gasteiger partial charge < -0.3 is 20.0 Å². The summed E-state index contributed by atoms with van der Waals surface area (Å²) in [6.45, 7) is 11.1. The van der Waals surface area contributed by atoms with Gasteiger partial charge in [-0.1, -0.05) is 20.8 Å². The maximum Gasteiger partial charge on any atom is 0.222 e. The molecule has 0 saturated carbocycles. The molecule has 0 unspecified atom stereocenters. The van der Waals surface area contributed by atoms with E-state index in [9.17, 15) is 4.79 Å². The molecule has 29 heavy (non-hydrogen) atoms. The van der Waals surface area contributed by atoms with Crippen molar-refractivity contribution in [3.8, 4) is 0 Å². The first-order valence-electron chi connectivity index (χ1n) is 10.6. The number of rotatable bonds is 4. The van der Waals surface area contributed by atoms with Gasteiger partial charge in [-0.2, -0.15) is 0 Å². The average molecular weight is 447 g/mol. The van der Waals surface area contributed by atoms with E-state index in [-0.39, 0.29) is 36.1 Å². The highest BCUT2D eigenvalue weighted by Gasteiger charge is 2.33. The molecule has 166 valence electrons. The zero-order valence-electron chi connectivity index (χ0n) is 17.8. The van der Waals surface area contributed by atoms with Gasteiger partial charge in [0.05, 0.1) is 6.54 Å². The minimum atomic E-state index is -0.0911. The molecule has 2 N–H and O–H groups in total. The Morgan fingerprint density at radius 3 is 2.79 bits per heavy atom. The Balaban J connectivity index is 0.00000150. The summed E-state index contributed by atoms with van der Waals surface area (Å²) >= 11 is 0. The number of hydrogen-bond acceptors (Lipinski definition) is 5. The van der Waals surface area contributed by atoms with Crippen molar-refractivity contribution in [2.75, 3.05) is 26.2 Å². The summed E-state index contributed by atoms with van der Waals surface area (Å²) in [6, 6.07) is 0.569. The van der Waals surface area contributed by atoms with Crippen LogP contribution in [0.15, 0.2) is 4.42 Å². The van der Waals surface area contributed by atoms with Crippen LogP contribution in [0.4, 0.5) is 0 Å². The lowest BCUT2D eigenvalue weighted by atomic mass is 9.80. The van der Waals surface area contributed by atoms with Crippen molar-refractivity contribution >= 4 is 30.7 Å². The number of aromatic nitrogens is 1. The van der Waals surface area contributed by atoms with E-state index in [1.807, 2.05) is 4.90 Å². The van der Waals surface area contributed by atoms with Gasteiger partial charge in [-0.3, -0.25) is 4.79 Å². The van der Waals surface area contributed by atoms with Crippen molar-refractivity contribution in [1.82, 2.24) is 20.5 Å². The number of carbonyl (C=O) groups excluding carboxylic acids is 1. The molecule has 3 aliphatic rings. The van der Waals surface area contributed by atoms with Crippen LogP contribution in [0.25, 0.3) is 0 Å². The standard InChI is InChI=1S/C21H34N4O2.2ClH/c1-21(2,3)20-24-17-13-25(8-7-18(17)27-20)19(26)6-4-5-16-15-9-14(11-23-16)10-22-12-15;;/h14-16,22-23H,4-13H2,1-3H3;2*1H/t14-,15+,16-;;/m0../s1. The van der Waals surface area contributed by atoms with Crippen molar-refractivity contribution in [1.29, 1.82) is 0 Å². The Morgan fingerprint density at radius 1 is 1.24 bits per heavy atom. The van der Waals surface area contributed by atoms with Crippen LogP contribution in [-0.2, 0) is 23.2 Å². The third-order valence-electron chi connectivity index (χ3n) is 6.34. The Hall–Kier alpha value is -0.820. The van der Waals surface area contributed by atoms with Gasteiger partial charge in [0.1, 0.15) is 11.5 Å². The van der Waals surface area contributed by atoms with E-state index in [1.165, 1.54) is 6.42 Å². The molecule has 3 aliphatic heterocycles. The predicted octanol–water partition coefficient (Wildman–Crippen LogP) is 3.07. The van der Waals surface area contributed by atoms with Crippen molar-refractivity contribution in [3.63, 3.8) is 0 Å². The van der Waals surface area contributed by atoms with E-state index in [0.29, 0.717) is 19.0 Å². The van der Waals surface area contributed by atoms with Crippen LogP contribution < -0.4 is 10.6 Å². The molecule has 6 nitrogen and oxygen atoms in total. The number of nitrogens with one attached hydrogen (secondary N) is 2. The smallest absolute Gasteiger partial charge is 0.222 e. The second-order valence-corrected chi connectivity index (χ2v) is 9.63. The summed E-state index contributed by atoms with van der Waals surface area (Å²) in [4.78, 5) is 19.3. The first-order chi connectivity index (χ1) is 12.9. The van der Waals surface area contributed by atoms with Crippen LogP contribution >= 0.6 is 24.8 Å². The van der Waals surface area contributed by atoms with Crippen molar-refractivity contribution < 1.29 is 9.21 Å². The second kappa shape index (κ2) is 9.99. The van der Waals surface area contributed by atoms with Crippen LogP contribution in [0.5, 0.6) is 0 Å². The molecule has 1 aromatic rings. The molecule has 2 fully saturated rings. The fourth-order valence-corrected chi connectivity index (χ4v) is 4.72. The van der Waals surface area contributed by atoms with Gasteiger partial charge in [0.2, 0.25) is 5.91 Å². The van der Waals surface area contributed by atoms with Gasteiger partial charge in [0, 0.05) is 30.8 Å². The number of nitrogens with zero attached hydrogens (tertiary/aromatic N) is 2. The summed E-state index contributed by atoms with van der Waals surface area (Å²) < 4.78 is 5.93. The molecule has 2 bridgehead atoms. The van der Waals surface area contributed by atoms with E-state index in [1.54, 1.807) is 0 Å². The molecule has 1 amide bonds. The lowest BCUT2D eigenvalue weighted by Gasteiger charge is -2.41. The third-order valence-corrected chi connectivity index (χ3v) is 6.34. The van der Waals surface area contributed by atoms with Gasteiger partial charge in [0.25, 0.3) is 0 Å². The number of oxazole rings is 1. The van der Waals surface area contributed by atoms with E-state index < -0.39 is 0 Å². The van der Waals surface area contributed by atoms with E-state index >= 15 is 0 Å². The maximum absolute atomic E-state index is 12.7. The van der Waals surface area contributed by atoms with Crippen LogP contribution in [0.1, 0.15) is 63.8 Å². The van der Waals surface area contributed by atoms with Crippen LogP contribution in [0.2, 0.25) is 0 Å². The molecular formula is C21H36Cl2N4O2. The summed E-state index contributed by atoms with van der Waals surface area (Å²) in [7, 11) is 0. The maximum atomic E-state index is 12.7. The monoisotopic (exact) mass is 446 g/mol. The number of fused-ring (bicyclic) bond motifs is 3. The fourth-order valence-electron chi connectivity index (χ4n) is 4.72. The molecule has 4 heterocycles. The molecule has 0 aromatic carbocycles. The van der Waals surface area contributed by atoms with Crippen molar-refractivity contribution in [3.05, 3.63) is 17.3 Å². The Kier molecular flexibility index (Phi) is 8.42. The van der Waals surface area contributed by atoms with Crippen molar-refractivity contribution in [2.45, 2.75) is 70.9 Å². The number of halogens is 2. The van der Waals surface area contributed by atoms with E-state index in [2.05, 4.69) is 36.4 Å². The predicted molar refractivity (Wildman–Crippen MR) is 119 cm³/mol. The quantitative estimate of drug-likeness (QED) is 0.743. The highest BCUT2D eigenvalue weighted by atomic mass is 35.5. The molecule has 0 spiro atoms. The van der Waals surface area contributed by atoms with Gasteiger partial charge in [-0.25, -0.2) is 4.98 Å². The fraction of sp³-hybridized carbons (Fsp3) is 0.810. The van der Waals surface area contributed by atoms with E-state index in [4.69, 9.17) is 4.42 Å². The number of piperidine rings is 2. The SMILES string of the molecule is CC(C)(C)c1nc2c(o1)CCN(C(=O)CCC[C@@H]1NC[C@@H]3CNC[C@H]1C3)C2.Cl.Cl. The summed E-state index contributed by atoms with van der Waals surface area (Å²) in [5.74, 6) is 3.54. The average Bonchev–Trinajstić information content (AvgIpc) is 3.07. The normalized spacial score (nSPS) is 26.2. The highest BCUT2D eigenvalue weighted by Crippen LogP contribution is 2.29. The molecule has 0 radical (unpaired) electrons. The Labute approximate surface area is 186 Å². The summed E-state index contributed by atoms with van der Waals surface area (Å²) in [5.41, 5.74) is 0.861. The molecule has 2 saturated heterocycles. The molecule has 8 heteroatoms. The highest BCUT2D eigenvalue weighted by molar-refractivity contribution is 5.85. The largest absolute Gasteiger partial charge is 0.445 e. The minimum absolute atomic E-state index is 0. The third kappa shape index (κ3) is 5.66. The number of carbonyl (C=O) groups is 1. The van der Waals surface area contributed by atoms with Gasteiger partial charge >= 0.3 is 0 Å². The summed E-state index contributed by atoms with van der Waals surface area (Å²) in [6.07, 6.45) is 4.83. The van der Waals surface area contributed by atoms with Gasteiger partial charge in [0.15, 0.2) is 5.89 Å². The van der Waals surface area contributed by atoms with Crippen molar-refractivity contribution in [2.24, 2.45) is 11.8 Å². The van der Waals surface area contributed by atoms with Crippen LogP contribution in [0.3, 0.4) is 0 Å². The molecule has 1 aromatic heterocycles. The molecule has 3 atom stereocenters. The molecule has 4 rings (SSSR count). The lowest BCUT2D eigenvalue weighted by molar-refractivity contribution is -0.132. The zero-order valence-corrected chi connectivity index (χ0v) is 19.5. The Bertz CT molecular complexity index is 689. The van der Waals surface area contributed by atoms with E-state index in [0.717, 1.165) is 74.6 Å². The molecule has 0 aliphatic carbocycles. The number of amides is 1. The summed E-state index contributed by atoms with van der Waals surface area (Å²) in [5, 5.41) is 7.28. The first-order valence-corrected chi connectivity index (χ1v) is 10.6. The van der Waals surface area contributed by atoms with Gasteiger partial charge in [-0.05, 0) is 50.7 Å². The Morgan fingerprint density at radius 2 is 2.03 bits per heavy atom. The van der Waals surface area contributed by atoms with Crippen LogP contribution in [0, 0.1) is 11.8 Å². The molecular weight excluding hydrogens is 411 g/mol. The lowest BCUT2D eigenvalue weighted by Crippen LogP contribution is -2.54. The number of hydrogen-bond donors (Lipinski definition) is 2. The zero-order chi connectivity index (χ0) is 19.0. The minimum Gasteiger partial charge on any atom is -0.445 e. The first kappa shape index (κ1) is 24.4. The van der Waals surface area contributed by atoms with Gasteiger partial charge in [-0.15, -0.1) is 24.8 Å².